The molecule has 0 unspecified atom stereocenters. The van der Waals surface area contributed by atoms with Gasteiger partial charge >= 0.3 is 0 Å². The fourth-order valence-corrected chi connectivity index (χ4v) is 1.54. The van der Waals surface area contributed by atoms with Crippen molar-refractivity contribution in [3.8, 4) is 0 Å². The van der Waals surface area contributed by atoms with E-state index in [2.05, 4.69) is 33.4 Å². The molecule has 0 aromatic rings. The minimum absolute atomic E-state index is 0.221. The number of carbonyl (C=O) groups excluding carboxylic acids is 1. The van der Waals surface area contributed by atoms with Crippen molar-refractivity contribution >= 4 is 5.91 Å². The van der Waals surface area contributed by atoms with Crippen LogP contribution in [0.2, 0.25) is 0 Å². The van der Waals surface area contributed by atoms with Crippen LogP contribution in [0.3, 0.4) is 0 Å². The van der Waals surface area contributed by atoms with E-state index in [1.165, 1.54) is 13.0 Å². The lowest BCUT2D eigenvalue weighted by atomic mass is 10.1. The van der Waals surface area contributed by atoms with Gasteiger partial charge in [0.05, 0.1) is 27.7 Å². The van der Waals surface area contributed by atoms with E-state index in [4.69, 9.17) is 0 Å². The molecular formula is C13H29N2O+. The summed E-state index contributed by atoms with van der Waals surface area (Å²) in [6, 6.07) is 0. The third kappa shape index (κ3) is 11.5. The van der Waals surface area contributed by atoms with Crippen LogP contribution in [0, 0.1) is 0 Å². The SMILES string of the molecule is CCCCNC(=O)CCCCC[N+](C)(C)C. The topological polar surface area (TPSA) is 29.1 Å². The first kappa shape index (κ1) is 15.4. The molecule has 0 aliphatic rings. The van der Waals surface area contributed by atoms with E-state index in [-0.39, 0.29) is 5.91 Å². The van der Waals surface area contributed by atoms with Crippen LogP contribution in [0.4, 0.5) is 0 Å². The Morgan fingerprint density at radius 1 is 1.06 bits per heavy atom. The van der Waals surface area contributed by atoms with Gasteiger partial charge in [-0.2, -0.15) is 0 Å². The number of unbranched alkanes of at least 4 members (excludes halogenated alkanes) is 3. The number of quaternary nitrogens is 1. The van der Waals surface area contributed by atoms with Gasteiger partial charge in [-0.1, -0.05) is 13.3 Å². The van der Waals surface area contributed by atoms with E-state index >= 15 is 0 Å². The zero-order valence-electron chi connectivity index (χ0n) is 11.5. The van der Waals surface area contributed by atoms with Crippen LogP contribution in [0.5, 0.6) is 0 Å². The normalized spacial score (nSPS) is 11.5. The molecule has 0 radical (unpaired) electrons. The van der Waals surface area contributed by atoms with Gasteiger partial charge in [-0.25, -0.2) is 0 Å². The molecule has 0 rings (SSSR count). The highest BCUT2D eigenvalue weighted by Crippen LogP contribution is 2.03. The number of carbonyl (C=O) groups is 1. The average molecular weight is 229 g/mol. The molecular weight excluding hydrogens is 200 g/mol. The van der Waals surface area contributed by atoms with Gasteiger partial charge < -0.3 is 9.80 Å². The Balaban J connectivity index is 3.28. The number of nitrogens with one attached hydrogen (secondary N) is 1. The predicted octanol–water partition coefficient (Wildman–Crippen LogP) is 2.17. The van der Waals surface area contributed by atoms with Crippen molar-refractivity contribution in [1.82, 2.24) is 5.32 Å². The van der Waals surface area contributed by atoms with Crippen LogP contribution in [0.1, 0.15) is 45.4 Å². The molecule has 0 saturated heterocycles. The van der Waals surface area contributed by atoms with Gasteiger partial charge in [-0.15, -0.1) is 0 Å². The lowest BCUT2D eigenvalue weighted by Gasteiger charge is -2.23. The zero-order chi connectivity index (χ0) is 12.4. The van der Waals surface area contributed by atoms with Crippen LogP contribution in [-0.4, -0.2) is 44.6 Å². The van der Waals surface area contributed by atoms with Crippen molar-refractivity contribution in [3.05, 3.63) is 0 Å². The highest BCUT2D eigenvalue weighted by molar-refractivity contribution is 5.75. The molecule has 3 heteroatoms. The minimum atomic E-state index is 0.221. The van der Waals surface area contributed by atoms with Gasteiger partial charge in [0.25, 0.3) is 0 Å². The molecule has 96 valence electrons. The van der Waals surface area contributed by atoms with Crippen LogP contribution in [0.15, 0.2) is 0 Å². The summed E-state index contributed by atoms with van der Waals surface area (Å²) < 4.78 is 1.02. The van der Waals surface area contributed by atoms with E-state index in [1.54, 1.807) is 0 Å². The van der Waals surface area contributed by atoms with E-state index in [0.29, 0.717) is 6.42 Å². The summed E-state index contributed by atoms with van der Waals surface area (Å²) >= 11 is 0. The number of amides is 1. The maximum atomic E-state index is 11.4. The minimum Gasteiger partial charge on any atom is -0.356 e. The van der Waals surface area contributed by atoms with E-state index in [1.807, 2.05) is 0 Å². The summed E-state index contributed by atoms with van der Waals surface area (Å²) in [5.74, 6) is 0.221. The zero-order valence-corrected chi connectivity index (χ0v) is 11.5. The number of rotatable bonds is 9. The first-order valence-electron chi connectivity index (χ1n) is 6.53. The highest BCUT2D eigenvalue weighted by Gasteiger charge is 2.06. The molecule has 0 fully saturated rings. The lowest BCUT2D eigenvalue weighted by molar-refractivity contribution is -0.870. The molecule has 0 aromatic heterocycles. The third-order valence-electron chi connectivity index (χ3n) is 2.59. The molecule has 0 atom stereocenters. The monoisotopic (exact) mass is 229 g/mol. The van der Waals surface area contributed by atoms with Gasteiger partial charge in [0.15, 0.2) is 0 Å². The van der Waals surface area contributed by atoms with Crippen molar-refractivity contribution in [1.29, 1.82) is 0 Å². The van der Waals surface area contributed by atoms with E-state index in [9.17, 15) is 4.79 Å². The molecule has 3 nitrogen and oxygen atoms in total. The van der Waals surface area contributed by atoms with Gasteiger partial charge in [-0.05, 0) is 25.7 Å². The fourth-order valence-electron chi connectivity index (χ4n) is 1.54. The fraction of sp³-hybridized carbons (Fsp3) is 0.923. The molecule has 16 heavy (non-hydrogen) atoms. The van der Waals surface area contributed by atoms with Crippen LogP contribution in [0.25, 0.3) is 0 Å². The van der Waals surface area contributed by atoms with Crippen LogP contribution in [-0.2, 0) is 4.79 Å². The lowest BCUT2D eigenvalue weighted by Crippen LogP contribution is -2.35. The van der Waals surface area contributed by atoms with Gasteiger partial charge in [0.2, 0.25) is 5.91 Å². The van der Waals surface area contributed by atoms with Gasteiger partial charge in [0.1, 0.15) is 0 Å². The van der Waals surface area contributed by atoms with E-state index in [0.717, 1.165) is 36.7 Å². The maximum Gasteiger partial charge on any atom is 0.219 e. The van der Waals surface area contributed by atoms with E-state index < -0.39 is 0 Å². The summed E-state index contributed by atoms with van der Waals surface area (Å²) in [5.41, 5.74) is 0. The highest BCUT2D eigenvalue weighted by atomic mass is 16.1. The maximum absolute atomic E-state index is 11.4. The predicted molar refractivity (Wildman–Crippen MR) is 69.3 cm³/mol. The number of hydrogen-bond acceptors (Lipinski definition) is 1. The summed E-state index contributed by atoms with van der Waals surface area (Å²) in [6.07, 6.45) is 6.33. The molecule has 0 saturated carbocycles. The Hall–Kier alpha value is -0.570. The first-order chi connectivity index (χ1) is 7.45. The largest absolute Gasteiger partial charge is 0.356 e. The van der Waals surface area contributed by atoms with Crippen molar-refractivity contribution in [2.45, 2.75) is 45.4 Å². The summed E-state index contributed by atoms with van der Waals surface area (Å²) in [4.78, 5) is 11.4. The number of nitrogens with zero attached hydrogens (tertiary/aromatic N) is 1. The Morgan fingerprint density at radius 2 is 1.75 bits per heavy atom. The molecule has 0 aliphatic carbocycles. The quantitative estimate of drug-likeness (QED) is 0.476. The molecule has 0 aromatic carbocycles. The van der Waals surface area contributed by atoms with Gasteiger partial charge in [-0.3, -0.25) is 4.79 Å². The Labute approximate surface area is 101 Å². The van der Waals surface area contributed by atoms with Crippen LogP contribution >= 0.6 is 0 Å². The first-order valence-corrected chi connectivity index (χ1v) is 6.53. The molecule has 0 spiro atoms. The van der Waals surface area contributed by atoms with Crippen molar-refractivity contribution < 1.29 is 9.28 Å². The summed E-state index contributed by atoms with van der Waals surface area (Å²) in [5, 5.41) is 2.95. The summed E-state index contributed by atoms with van der Waals surface area (Å²) in [7, 11) is 6.62. The standard InChI is InChI=1S/C13H28N2O/c1-5-6-11-14-13(16)10-8-7-9-12-15(2,3)4/h5-12H2,1-4H3/p+1. The Bertz CT molecular complexity index is 185. The number of hydrogen-bond donors (Lipinski definition) is 1. The smallest absolute Gasteiger partial charge is 0.219 e. The molecule has 0 bridgehead atoms. The molecule has 1 N–H and O–H groups in total. The molecule has 1 amide bonds. The third-order valence-corrected chi connectivity index (χ3v) is 2.59. The average Bonchev–Trinajstić information content (AvgIpc) is 2.16. The second kappa shape index (κ2) is 8.57. The molecule has 0 aliphatic heterocycles. The summed E-state index contributed by atoms with van der Waals surface area (Å²) in [6.45, 7) is 4.17. The van der Waals surface area contributed by atoms with Crippen LogP contribution < -0.4 is 5.32 Å². The second-order valence-corrected chi connectivity index (χ2v) is 5.53. The van der Waals surface area contributed by atoms with Crippen molar-refractivity contribution in [2.24, 2.45) is 0 Å². The molecule has 0 heterocycles. The van der Waals surface area contributed by atoms with Gasteiger partial charge in [0, 0.05) is 13.0 Å². The Morgan fingerprint density at radius 3 is 2.31 bits per heavy atom. The van der Waals surface area contributed by atoms with Crippen molar-refractivity contribution in [3.63, 3.8) is 0 Å². The second-order valence-electron chi connectivity index (χ2n) is 5.53. The van der Waals surface area contributed by atoms with Crippen molar-refractivity contribution in [2.75, 3.05) is 34.2 Å². The Kier molecular flexibility index (Phi) is 8.26.